The first-order valence-electron chi connectivity index (χ1n) is 8.77. The zero-order chi connectivity index (χ0) is 15.5. The molecule has 4 heteroatoms. The number of likely N-dealkylation sites (tertiary alicyclic amines) is 1. The summed E-state index contributed by atoms with van der Waals surface area (Å²) >= 11 is 0. The molecule has 1 unspecified atom stereocenters. The summed E-state index contributed by atoms with van der Waals surface area (Å²) in [6.07, 6.45) is 4.55. The van der Waals surface area contributed by atoms with Gasteiger partial charge in [0.1, 0.15) is 5.82 Å². The highest BCUT2D eigenvalue weighted by molar-refractivity contribution is 5.49. The first-order valence-corrected chi connectivity index (χ1v) is 8.77. The molecule has 3 heterocycles. The predicted octanol–water partition coefficient (Wildman–Crippen LogP) is 2.63. The summed E-state index contributed by atoms with van der Waals surface area (Å²) in [6.45, 7) is 11.5. The van der Waals surface area contributed by atoms with Crippen LogP contribution in [0.3, 0.4) is 0 Å². The number of anilines is 1. The Labute approximate surface area is 135 Å². The van der Waals surface area contributed by atoms with E-state index in [2.05, 4.69) is 47.7 Å². The smallest absolute Gasteiger partial charge is 0.133 e. The van der Waals surface area contributed by atoms with Crippen LogP contribution in [0, 0.1) is 5.92 Å². The average Bonchev–Trinajstić information content (AvgIpc) is 2.95. The molecule has 3 rings (SSSR count). The molecule has 0 saturated carbocycles. The summed E-state index contributed by atoms with van der Waals surface area (Å²) in [5.74, 6) is 1.96. The van der Waals surface area contributed by atoms with Gasteiger partial charge < -0.3 is 9.80 Å². The van der Waals surface area contributed by atoms with E-state index >= 15 is 0 Å². The molecule has 2 aliphatic rings. The number of nitrogens with zero attached hydrogens (tertiary/aromatic N) is 4. The van der Waals surface area contributed by atoms with Gasteiger partial charge in [0.2, 0.25) is 0 Å². The molecule has 0 spiro atoms. The monoisotopic (exact) mass is 302 g/mol. The molecule has 2 aliphatic heterocycles. The Bertz CT molecular complexity index is 480. The van der Waals surface area contributed by atoms with Crippen LogP contribution >= 0.6 is 0 Å². The topological polar surface area (TPSA) is 22.6 Å². The van der Waals surface area contributed by atoms with Gasteiger partial charge in [-0.3, -0.25) is 4.90 Å². The van der Waals surface area contributed by atoms with Crippen molar-refractivity contribution in [2.75, 3.05) is 51.2 Å². The van der Waals surface area contributed by atoms with Gasteiger partial charge in [0.25, 0.3) is 0 Å². The average molecular weight is 302 g/mol. The second kappa shape index (κ2) is 6.97. The van der Waals surface area contributed by atoms with Crippen LogP contribution in [-0.4, -0.2) is 61.1 Å². The lowest BCUT2D eigenvalue weighted by atomic mass is 10.0. The Morgan fingerprint density at radius 1 is 1.18 bits per heavy atom. The van der Waals surface area contributed by atoms with Crippen molar-refractivity contribution in [1.82, 2.24) is 14.8 Å². The van der Waals surface area contributed by atoms with Crippen LogP contribution in [0.5, 0.6) is 0 Å². The van der Waals surface area contributed by atoms with Crippen molar-refractivity contribution in [3.8, 4) is 0 Å². The fourth-order valence-electron chi connectivity index (χ4n) is 3.82. The van der Waals surface area contributed by atoms with Gasteiger partial charge in [0.15, 0.2) is 0 Å². The first kappa shape index (κ1) is 15.8. The molecule has 0 aliphatic carbocycles. The minimum atomic E-state index is 0.561. The van der Waals surface area contributed by atoms with Crippen LogP contribution < -0.4 is 4.90 Å². The zero-order valence-corrected chi connectivity index (χ0v) is 14.3. The largest absolute Gasteiger partial charge is 0.354 e. The van der Waals surface area contributed by atoms with Crippen LogP contribution in [0.4, 0.5) is 5.82 Å². The van der Waals surface area contributed by atoms with E-state index in [0.29, 0.717) is 6.04 Å². The Morgan fingerprint density at radius 3 is 2.68 bits per heavy atom. The van der Waals surface area contributed by atoms with Crippen molar-refractivity contribution >= 4 is 5.82 Å². The van der Waals surface area contributed by atoms with E-state index in [1.54, 1.807) is 0 Å². The molecule has 2 fully saturated rings. The van der Waals surface area contributed by atoms with Crippen LogP contribution in [0.15, 0.2) is 18.3 Å². The molecular weight excluding hydrogens is 272 g/mol. The van der Waals surface area contributed by atoms with Crippen molar-refractivity contribution in [1.29, 1.82) is 0 Å². The molecule has 0 aromatic carbocycles. The zero-order valence-electron chi connectivity index (χ0n) is 14.3. The van der Waals surface area contributed by atoms with E-state index < -0.39 is 0 Å². The standard InChI is InChI=1S/C18H30N4/c1-15(2)14-22-9-5-7-17(22)16-6-4-8-19-18(16)21-12-10-20(3)11-13-21/h4,6,8,15,17H,5,7,9-14H2,1-3H3. The highest BCUT2D eigenvalue weighted by Gasteiger charge is 2.30. The molecule has 0 radical (unpaired) electrons. The molecule has 122 valence electrons. The van der Waals surface area contributed by atoms with Gasteiger partial charge in [-0.2, -0.15) is 0 Å². The van der Waals surface area contributed by atoms with E-state index in [0.717, 1.165) is 32.1 Å². The maximum absolute atomic E-state index is 4.77. The molecule has 1 atom stereocenters. The van der Waals surface area contributed by atoms with Gasteiger partial charge in [0, 0.05) is 50.5 Å². The molecule has 0 N–H and O–H groups in total. The third-order valence-corrected chi connectivity index (χ3v) is 4.94. The number of hydrogen-bond acceptors (Lipinski definition) is 4. The second-order valence-corrected chi connectivity index (χ2v) is 7.25. The lowest BCUT2D eigenvalue weighted by molar-refractivity contribution is 0.228. The van der Waals surface area contributed by atoms with E-state index in [1.807, 2.05) is 6.20 Å². The number of hydrogen-bond donors (Lipinski definition) is 0. The summed E-state index contributed by atoms with van der Waals surface area (Å²) in [5, 5.41) is 0. The van der Waals surface area contributed by atoms with Crippen molar-refractivity contribution in [2.45, 2.75) is 32.7 Å². The number of aromatic nitrogens is 1. The van der Waals surface area contributed by atoms with Crippen LogP contribution in [-0.2, 0) is 0 Å². The Hall–Kier alpha value is -1.13. The van der Waals surface area contributed by atoms with Crippen LogP contribution in [0.25, 0.3) is 0 Å². The van der Waals surface area contributed by atoms with Gasteiger partial charge in [-0.05, 0) is 38.4 Å². The van der Waals surface area contributed by atoms with Crippen LogP contribution in [0.1, 0.15) is 38.3 Å². The normalized spacial score (nSPS) is 24.4. The van der Waals surface area contributed by atoms with Crippen molar-refractivity contribution < 1.29 is 0 Å². The maximum Gasteiger partial charge on any atom is 0.133 e. The van der Waals surface area contributed by atoms with Gasteiger partial charge in [0.05, 0.1) is 0 Å². The minimum Gasteiger partial charge on any atom is -0.354 e. The summed E-state index contributed by atoms with van der Waals surface area (Å²) in [4.78, 5) is 12.3. The Morgan fingerprint density at radius 2 is 1.95 bits per heavy atom. The van der Waals surface area contributed by atoms with Crippen molar-refractivity contribution in [2.24, 2.45) is 5.92 Å². The molecule has 0 bridgehead atoms. The van der Waals surface area contributed by atoms with E-state index in [-0.39, 0.29) is 0 Å². The lowest BCUT2D eigenvalue weighted by Crippen LogP contribution is -2.45. The molecule has 4 nitrogen and oxygen atoms in total. The summed E-state index contributed by atoms with van der Waals surface area (Å²) in [7, 11) is 2.21. The number of piperazine rings is 1. The van der Waals surface area contributed by atoms with E-state index in [9.17, 15) is 0 Å². The van der Waals surface area contributed by atoms with Crippen LogP contribution in [0.2, 0.25) is 0 Å². The van der Waals surface area contributed by atoms with Gasteiger partial charge >= 0.3 is 0 Å². The molecule has 0 amide bonds. The molecular formula is C18H30N4. The molecule has 1 aromatic heterocycles. The maximum atomic E-state index is 4.77. The SMILES string of the molecule is CC(C)CN1CCCC1c1cccnc1N1CCN(C)CC1. The van der Waals surface area contributed by atoms with E-state index in [4.69, 9.17) is 4.98 Å². The summed E-state index contributed by atoms with van der Waals surface area (Å²) in [6, 6.07) is 4.98. The molecule has 2 saturated heterocycles. The fourth-order valence-corrected chi connectivity index (χ4v) is 3.82. The molecule has 22 heavy (non-hydrogen) atoms. The van der Waals surface area contributed by atoms with Gasteiger partial charge in [-0.1, -0.05) is 19.9 Å². The second-order valence-electron chi connectivity index (χ2n) is 7.25. The Balaban J connectivity index is 1.81. The highest BCUT2D eigenvalue weighted by atomic mass is 15.3. The number of rotatable bonds is 4. The third kappa shape index (κ3) is 3.44. The number of pyridine rings is 1. The van der Waals surface area contributed by atoms with E-state index in [1.165, 1.54) is 37.3 Å². The Kier molecular flexibility index (Phi) is 4.99. The van der Waals surface area contributed by atoms with Crippen molar-refractivity contribution in [3.63, 3.8) is 0 Å². The molecule has 1 aromatic rings. The quantitative estimate of drug-likeness (QED) is 0.853. The lowest BCUT2D eigenvalue weighted by Gasteiger charge is -2.36. The van der Waals surface area contributed by atoms with Crippen molar-refractivity contribution in [3.05, 3.63) is 23.9 Å². The third-order valence-electron chi connectivity index (χ3n) is 4.94. The van der Waals surface area contributed by atoms with Gasteiger partial charge in [-0.15, -0.1) is 0 Å². The summed E-state index contributed by atoms with van der Waals surface area (Å²) < 4.78 is 0. The predicted molar refractivity (Wildman–Crippen MR) is 92.3 cm³/mol. The summed E-state index contributed by atoms with van der Waals surface area (Å²) in [5.41, 5.74) is 1.45. The van der Waals surface area contributed by atoms with Gasteiger partial charge in [-0.25, -0.2) is 4.98 Å². The highest BCUT2D eigenvalue weighted by Crippen LogP contribution is 2.36. The number of likely N-dealkylation sites (N-methyl/N-ethyl adjacent to an activating group) is 1. The first-order chi connectivity index (χ1) is 10.6. The minimum absolute atomic E-state index is 0.561. The fraction of sp³-hybridized carbons (Fsp3) is 0.722.